The normalized spacial score (nSPS) is 14.8. The number of anilines is 1. The van der Waals surface area contributed by atoms with E-state index in [9.17, 15) is 23.3 Å². The van der Waals surface area contributed by atoms with Gasteiger partial charge in [-0.3, -0.25) is 14.9 Å². The van der Waals surface area contributed by atoms with E-state index in [2.05, 4.69) is 5.32 Å². The van der Waals surface area contributed by atoms with Crippen LogP contribution in [0.3, 0.4) is 0 Å². The third kappa shape index (κ3) is 4.84. The predicted octanol–water partition coefficient (Wildman–Crippen LogP) is 2.58. The first-order valence-corrected chi connectivity index (χ1v) is 11.1. The maximum absolute atomic E-state index is 13.2. The van der Waals surface area contributed by atoms with E-state index in [1.54, 1.807) is 26.0 Å². The Morgan fingerprint density at radius 2 is 1.97 bits per heavy atom. The summed E-state index contributed by atoms with van der Waals surface area (Å²) in [7, 11) is -3.90. The van der Waals surface area contributed by atoms with E-state index >= 15 is 0 Å². The Morgan fingerprint density at radius 1 is 1.26 bits per heavy atom. The van der Waals surface area contributed by atoms with Gasteiger partial charge in [-0.05, 0) is 38.1 Å². The van der Waals surface area contributed by atoms with Gasteiger partial charge in [0.1, 0.15) is 16.2 Å². The van der Waals surface area contributed by atoms with Crippen LogP contribution < -0.4 is 10.1 Å². The topological polar surface area (TPSA) is 128 Å². The standard InChI is InChI=1S/C20H23N3O7S/c1-3-30-17-8-7-15(13-18(17)31(27,28)22-9-11-29-12-10-22)21-20(24)16-6-4-5-14(2)19(16)23(25)26/h4-8,13H,3,9-12H2,1-2H3,(H,21,24). The monoisotopic (exact) mass is 449 g/mol. The fourth-order valence-electron chi connectivity index (χ4n) is 3.27. The van der Waals surface area contributed by atoms with Crippen molar-refractivity contribution in [2.75, 3.05) is 38.2 Å². The van der Waals surface area contributed by atoms with Gasteiger partial charge in [-0.25, -0.2) is 8.42 Å². The summed E-state index contributed by atoms with van der Waals surface area (Å²) < 4.78 is 38.3. The van der Waals surface area contributed by atoms with Crippen molar-refractivity contribution >= 4 is 27.3 Å². The molecule has 1 amide bonds. The Labute approximate surface area is 180 Å². The predicted molar refractivity (Wildman–Crippen MR) is 113 cm³/mol. The number of carbonyl (C=O) groups excluding carboxylic acids is 1. The Bertz CT molecular complexity index is 1100. The second-order valence-electron chi connectivity index (χ2n) is 6.79. The molecule has 2 aromatic carbocycles. The molecule has 0 spiro atoms. The number of aryl methyl sites for hydroxylation is 1. The average Bonchev–Trinajstić information content (AvgIpc) is 2.75. The van der Waals surface area contributed by atoms with E-state index in [-0.39, 0.29) is 60.5 Å². The number of amides is 1. The van der Waals surface area contributed by atoms with Gasteiger partial charge in [0, 0.05) is 24.3 Å². The number of nitro groups is 1. The first-order chi connectivity index (χ1) is 14.8. The van der Waals surface area contributed by atoms with Crippen LogP contribution >= 0.6 is 0 Å². The van der Waals surface area contributed by atoms with Crippen LogP contribution in [0.15, 0.2) is 41.3 Å². The number of nitro benzene ring substituents is 1. The summed E-state index contributed by atoms with van der Waals surface area (Å²) in [6, 6.07) is 8.68. The minimum atomic E-state index is -3.90. The molecule has 1 saturated heterocycles. The molecular weight excluding hydrogens is 426 g/mol. The molecule has 31 heavy (non-hydrogen) atoms. The van der Waals surface area contributed by atoms with Crippen LogP contribution in [0.25, 0.3) is 0 Å². The van der Waals surface area contributed by atoms with E-state index < -0.39 is 20.9 Å². The van der Waals surface area contributed by atoms with Crippen molar-refractivity contribution < 1.29 is 27.6 Å². The van der Waals surface area contributed by atoms with Crippen LogP contribution in [0.1, 0.15) is 22.8 Å². The molecule has 1 aliphatic heterocycles. The molecule has 166 valence electrons. The number of para-hydroxylation sites is 1. The maximum atomic E-state index is 13.2. The lowest BCUT2D eigenvalue weighted by molar-refractivity contribution is -0.385. The highest BCUT2D eigenvalue weighted by Crippen LogP contribution is 2.31. The Hall–Kier alpha value is -3.02. The number of nitrogens with zero attached hydrogens (tertiary/aromatic N) is 2. The van der Waals surface area contributed by atoms with Gasteiger partial charge in [-0.2, -0.15) is 4.31 Å². The molecular formula is C20H23N3O7S. The molecule has 1 heterocycles. The molecule has 1 fully saturated rings. The summed E-state index contributed by atoms with van der Waals surface area (Å²) in [4.78, 5) is 23.4. The van der Waals surface area contributed by atoms with Gasteiger partial charge in [0.2, 0.25) is 10.0 Å². The number of sulfonamides is 1. The number of hydrogen-bond acceptors (Lipinski definition) is 7. The van der Waals surface area contributed by atoms with Crippen molar-refractivity contribution in [3.8, 4) is 5.75 Å². The number of morpholine rings is 1. The molecule has 0 radical (unpaired) electrons. The largest absolute Gasteiger partial charge is 0.492 e. The van der Waals surface area contributed by atoms with Gasteiger partial charge in [0.05, 0.1) is 24.7 Å². The highest BCUT2D eigenvalue weighted by atomic mass is 32.2. The van der Waals surface area contributed by atoms with Crippen LogP contribution in [0.2, 0.25) is 0 Å². The van der Waals surface area contributed by atoms with Gasteiger partial charge < -0.3 is 14.8 Å². The Morgan fingerprint density at radius 3 is 2.61 bits per heavy atom. The number of carbonyl (C=O) groups is 1. The fourth-order valence-corrected chi connectivity index (χ4v) is 4.84. The molecule has 1 aliphatic rings. The summed E-state index contributed by atoms with van der Waals surface area (Å²) in [5.74, 6) is -0.553. The van der Waals surface area contributed by atoms with Gasteiger partial charge in [0.25, 0.3) is 11.6 Å². The number of nitrogens with one attached hydrogen (secondary N) is 1. The highest BCUT2D eigenvalue weighted by Gasteiger charge is 2.30. The van der Waals surface area contributed by atoms with Crippen molar-refractivity contribution in [1.29, 1.82) is 0 Å². The van der Waals surface area contributed by atoms with Gasteiger partial charge in [-0.15, -0.1) is 0 Å². The molecule has 10 nitrogen and oxygen atoms in total. The zero-order valence-corrected chi connectivity index (χ0v) is 18.0. The van der Waals surface area contributed by atoms with E-state index in [4.69, 9.17) is 9.47 Å². The third-order valence-electron chi connectivity index (χ3n) is 4.75. The number of ether oxygens (including phenoxy) is 2. The molecule has 0 bridgehead atoms. The van der Waals surface area contributed by atoms with Crippen molar-refractivity contribution in [2.24, 2.45) is 0 Å². The lowest BCUT2D eigenvalue weighted by Gasteiger charge is -2.27. The van der Waals surface area contributed by atoms with Crippen molar-refractivity contribution in [1.82, 2.24) is 4.31 Å². The molecule has 0 aliphatic carbocycles. The Kier molecular flexibility index (Phi) is 6.88. The lowest BCUT2D eigenvalue weighted by Crippen LogP contribution is -2.40. The first kappa shape index (κ1) is 22.7. The first-order valence-electron chi connectivity index (χ1n) is 9.65. The maximum Gasteiger partial charge on any atom is 0.285 e. The summed E-state index contributed by atoms with van der Waals surface area (Å²) in [6.45, 7) is 4.52. The number of rotatable bonds is 7. The molecule has 0 atom stereocenters. The summed E-state index contributed by atoms with van der Waals surface area (Å²) in [5.41, 5.74) is 0.111. The fraction of sp³-hybridized carbons (Fsp3) is 0.350. The van der Waals surface area contributed by atoms with Gasteiger partial charge >= 0.3 is 0 Å². The van der Waals surface area contributed by atoms with Gasteiger partial charge in [-0.1, -0.05) is 12.1 Å². The summed E-state index contributed by atoms with van der Waals surface area (Å²) in [5, 5.41) is 13.9. The zero-order chi connectivity index (χ0) is 22.6. The van der Waals surface area contributed by atoms with Crippen LogP contribution in [0.5, 0.6) is 5.75 Å². The van der Waals surface area contributed by atoms with Crippen LogP contribution in [-0.4, -0.2) is 56.5 Å². The van der Waals surface area contributed by atoms with Gasteiger partial charge in [0.15, 0.2) is 0 Å². The van der Waals surface area contributed by atoms with Crippen LogP contribution in [0.4, 0.5) is 11.4 Å². The number of benzene rings is 2. The lowest BCUT2D eigenvalue weighted by atomic mass is 10.1. The smallest absolute Gasteiger partial charge is 0.285 e. The number of hydrogen-bond donors (Lipinski definition) is 1. The molecule has 3 rings (SSSR count). The van der Waals surface area contributed by atoms with Crippen molar-refractivity contribution in [2.45, 2.75) is 18.7 Å². The van der Waals surface area contributed by atoms with E-state index in [1.165, 1.54) is 28.6 Å². The second-order valence-corrected chi connectivity index (χ2v) is 8.70. The highest BCUT2D eigenvalue weighted by molar-refractivity contribution is 7.89. The summed E-state index contributed by atoms with van der Waals surface area (Å²) >= 11 is 0. The second kappa shape index (κ2) is 9.41. The third-order valence-corrected chi connectivity index (χ3v) is 6.67. The molecule has 1 N–H and O–H groups in total. The SMILES string of the molecule is CCOc1ccc(NC(=O)c2cccc(C)c2[N+](=O)[O-])cc1S(=O)(=O)N1CCOCC1. The van der Waals surface area contributed by atoms with Crippen molar-refractivity contribution in [3.05, 3.63) is 57.6 Å². The minimum Gasteiger partial charge on any atom is -0.492 e. The van der Waals surface area contributed by atoms with Crippen LogP contribution in [0, 0.1) is 17.0 Å². The summed E-state index contributed by atoms with van der Waals surface area (Å²) in [6.07, 6.45) is 0. The van der Waals surface area contributed by atoms with E-state index in [0.717, 1.165) is 0 Å². The van der Waals surface area contributed by atoms with E-state index in [1.807, 2.05) is 0 Å². The van der Waals surface area contributed by atoms with Crippen molar-refractivity contribution in [3.63, 3.8) is 0 Å². The Balaban J connectivity index is 1.97. The molecule has 0 saturated carbocycles. The molecule has 0 unspecified atom stereocenters. The van der Waals surface area contributed by atoms with Crippen LogP contribution in [-0.2, 0) is 14.8 Å². The van der Waals surface area contributed by atoms with E-state index in [0.29, 0.717) is 5.56 Å². The molecule has 11 heteroatoms. The minimum absolute atomic E-state index is 0.0900. The average molecular weight is 449 g/mol. The molecule has 2 aromatic rings. The zero-order valence-electron chi connectivity index (χ0n) is 17.2. The molecule has 0 aromatic heterocycles. The quantitative estimate of drug-likeness (QED) is 0.508.